The van der Waals surface area contributed by atoms with Gasteiger partial charge in [0.25, 0.3) is 0 Å². The second-order valence-electron chi connectivity index (χ2n) is 2.41. The summed E-state index contributed by atoms with van der Waals surface area (Å²) in [6.07, 6.45) is 7.34. The van der Waals surface area contributed by atoms with Crippen molar-refractivity contribution in [1.29, 1.82) is 0 Å². The predicted molar refractivity (Wildman–Crippen MR) is 42.1 cm³/mol. The van der Waals surface area contributed by atoms with Crippen LogP contribution in [0.3, 0.4) is 0 Å². The van der Waals surface area contributed by atoms with Gasteiger partial charge < -0.3 is 0 Å². The minimum atomic E-state index is 0.973. The van der Waals surface area contributed by atoms with Crippen LogP contribution < -0.4 is 0 Å². The summed E-state index contributed by atoms with van der Waals surface area (Å²) in [5.41, 5.74) is 0. The van der Waals surface area contributed by atoms with Gasteiger partial charge >= 0.3 is 67.6 Å². The van der Waals surface area contributed by atoms with E-state index in [0.29, 0.717) is 0 Å². The standard InChI is InChI=1S/C7H15.In.2H/c1-3-5-7-6-4-2;;;/h1,3-7H2,2H3;;;. The van der Waals surface area contributed by atoms with E-state index in [2.05, 4.69) is 6.92 Å². The zero-order chi connectivity index (χ0) is 6.24. The van der Waals surface area contributed by atoms with E-state index in [1.54, 1.807) is 4.18 Å². The molecule has 0 amide bonds. The molecule has 0 aromatic rings. The van der Waals surface area contributed by atoms with E-state index in [9.17, 15) is 0 Å². The fraction of sp³-hybridized carbons (Fsp3) is 1.00. The van der Waals surface area contributed by atoms with Crippen molar-refractivity contribution >= 4 is 24.4 Å². The molecule has 0 fully saturated rings. The minimum absolute atomic E-state index is 0.973. The third kappa shape index (κ3) is 6.87. The third-order valence-electron chi connectivity index (χ3n) is 1.46. The van der Waals surface area contributed by atoms with Gasteiger partial charge in [-0.25, -0.2) is 0 Å². The fourth-order valence-electron chi connectivity index (χ4n) is 0.854. The Hall–Kier alpha value is 0.870. The van der Waals surface area contributed by atoms with E-state index in [1.165, 1.54) is 32.1 Å². The fourth-order valence-corrected chi connectivity index (χ4v) is 2.28. The molecule has 0 aromatic carbocycles. The summed E-state index contributed by atoms with van der Waals surface area (Å²) in [6, 6.07) is 0. The Labute approximate surface area is 67.6 Å². The monoisotopic (exact) mass is 216 g/mol. The molecule has 0 rings (SSSR count). The molecule has 0 saturated carbocycles. The third-order valence-corrected chi connectivity index (χ3v) is 3.48. The van der Waals surface area contributed by atoms with Gasteiger partial charge in [0.15, 0.2) is 0 Å². The second kappa shape index (κ2) is 7.87. The molecule has 0 heterocycles. The molecule has 0 radical (unpaired) electrons. The van der Waals surface area contributed by atoms with Gasteiger partial charge in [0, 0.05) is 0 Å². The Morgan fingerprint density at radius 2 is 1.62 bits per heavy atom. The molecule has 0 atom stereocenters. The molecule has 0 saturated heterocycles. The molecule has 0 N–H and O–H groups in total. The van der Waals surface area contributed by atoms with E-state index in [0.717, 1.165) is 24.4 Å². The van der Waals surface area contributed by atoms with Crippen LogP contribution in [-0.4, -0.2) is 24.4 Å². The van der Waals surface area contributed by atoms with Crippen molar-refractivity contribution in [3.05, 3.63) is 0 Å². The SMILES string of the molecule is CCCCCC[CH2][InH2]. The Balaban J connectivity index is 2.53. The number of hydrogen-bond donors (Lipinski definition) is 0. The van der Waals surface area contributed by atoms with Gasteiger partial charge in [-0.1, -0.05) is 0 Å². The van der Waals surface area contributed by atoms with Crippen LogP contribution in [0, 0.1) is 0 Å². The first-order valence-electron chi connectivity index (χ1n) is 3.91. The maximum absolute atomic E-state index is 2.27. The molecule has 0 aliphatic rings. The molecule has 0 bridgehead atoms. The first-order valence-corrected chi connectivity index (χ1v) is 7.95. The molecule has 0 aliphatic heterocycles. The predicted octanol–water partition coefficient (Wildman–Crippen LogP) is 2.01. The number of rotatable bonds is 5. The Kier molecular flexibility index (Phi) is 8.73. The van der Waals surface area contributed by atoms with Crippen molar-refractivity contribution in [1.82, 2.24) is 0 Å². The second-order valence-corrected chi connectivity index (χ2v) is 5.27. The van der Waals surface area contributed by atoms with E-state index in [1.807, 2.05) is 0 Å². The van der Waals surface area contributed by atoms with Gasteiger partial charge in [-0.15, -0.1) is 0 Å². The van der Waals surface area contributed by atoms with Crippen LogP contribution in [0.2, 0.25) is 4.18 Å². The molecule has 0 aromatic heterocycles. The van der Waals surface area contributed by atoms with Crippen LogP contribution in [0.15, 0.2) is 0 Å². The zero-order valence-corrected chi connectivity index (χ0v) is 12.0. The van der Waals surface area contributed by atoms with Crippen molar-refractivity contribution in [2.24, 2.45) is 0 Å². The molecule has 0 spiro atoms. The van der Waals surface area contributed by atoms with Crippen LogP contribution in [0.5, 0.6) is 0 Å². The van der Waals surface area contributed by atoms with Crippen molar-refractivity contribution in [3.63, 3.8) is 0 Å². The van der Waals surface area contributed by atoms with E-state index in [4.69, 9.17) is 0 Å². The first kappa shape index (κ1) is 8.87. The van der Waals surface area contributed by atoms with Gasteiger partial charge in [-0.3, -0.25) is 0 Å². The van der Waals surface area contributed by atoms with Crippen LogP contribution in [-0.2, 0) is 0 Å². The average Bonchev–Trinajstić information content (AvgIpc) is 1.81. The van der Waals surface area contributed by atoms with Crippen LogP contribution in [0.1, 0.15) is 39.0 Å². The summed E-state index contributed by atoms with van der Waals surface area (Å²) < 4.78 is 1.57. The van der Waals surface area contributed by atoms with Gasteiger partial charge in [0.05, 0.1) is 0 Å². The molecular weight excluding hydrogens is 199 g/mol. The summed E-state index contributed by atoms with van der Waals surface area (Å²) in [5.74, 6) is 0. The molecular formula is C7H17In. The Morgan fingerprint density at radius 3 is 2.12 bits per heavy atom. The molecule has 0 aliphatic carbocycles. The van der Waals surface area contributed by atoms with E-state index < -0.39 is 0 Å². The van der Waals surface area contributed by atoms with Gasteiger partial charge in [0.2, 0.25) is 0 Å². The van der Waals surface area contributed by atoms with E-state index >= 15 is 0 Å². The first-order chi connectivity index (χ1) is 3.91. The van der Waals surface area contributed by atoms with Crippen molar-refractivity contribution in [3.8, 4) is 0 Å². The van der Waals surface area contributed by atoms with Gasteiger partial charge in [-0.2, -0.15) is 0 Å². The quantitative estimate of drug-likeness (QED) is 0.616. The number of hydrogen-bond acceptors (Lipinski definition) is 0. The van der Waals surface area contributed by atoms with Crippen molar-refractivity contribution in [2.75, 3.05) is 0 Å². The zero-order valence-electron chi connectivity index (χ0n) is 6.24. The van der Waals surface area contributed by atoms with Gasteiger partial charge in [-0.05, 0) is 0 Å². The molecule has 0 unspecified atom stereocenters. The van der Waals surface area contributed by atoms with E-state index in [-0.39, 0.29) is 0 Å². The summed E-state index contributed by atoms with van der Waals surface area (Å²) in [5, 5.41) is 0. The van der Waals surface area contributed by atoms with Crippen molar-refractivity contribution in [2.45, 2.75) is 43.2 Å². The molecule has 8 heavy (non-hydrogen) atoms. The summed E-state index contributed by atoms with van der Waals surface area (Å²) in [7, 11) is 0. The molecule has 1 heteroatoms. The van der Waals surface area contributed by atoms with Gasteiger partial charge in [0.1, 0.15) is 0 Å². The van der Waals surface area contributed by atoms with Crippen LogP contribution >= 0.6 is 0 Å². The summed E-state index contributed by atoms with van der Waals surface area (Å²) in [4.78, 5) is 0. The maximum atomic E-state index is 2.27. The molecule has 0 nitrogen and oxygen atoms in total. The summed E-state index contributed by atoms with van der Waals surface area (Å²) >= 11 is 0.973. The normalized spacial score (nSPS) is 9.62. The Bertz CT molecular complexity index is 29.4. The molecule has 48 valence electrons. The average molecular weight is 216 g/mol. The topological polar surface area (TPSA) is 0 Å². The summed E-state index contributed by atoms with van der Waals surface area (Å²) in [6.45, 7) is 2.27. The van der Waals surface area contributed by atoms with Crippen LogP contribution in [0.25, 0.3) is 0 Å². The Morgan fingerprint density at radius 1 is 1.00 bits per heavy atom. The van der Waals surface area contributed by atoms with Crippen molar-refractivity contribution < 1.29 is 0 Å². The van der Waals surface area contributed by atoms with Crippen LogP contribution in [0.4, 0.5) is 0 Å². The number of unbranched alkanes of at least 4 members (excludes halogenated alkanes) is 4.